The van der Waals surface area contributed by atoms with Gasteiger partial charge in [-0.15, -0.1) is 0 Å². The van der Waals surface area contributed by atoms with Gasteiger partial charge in [0.15, 0.2) is 0 Å². The summed E-state index contributed by atoms with van der Waals surface area (Å²) in [5, 5.41) is 1.07. The van der Waals surface area contributed by atoms with E-state index in [1.165, 1.54) is 0 Å². The first-order chi connectivity index (χ1) is 3.80. The molecule has 1 rings (SSSR count). The summed E-state index contributed by atoms with van der Waals surface area (Å²) in [5.74, 6) is 0. The first kappa shape index (κ1) is 6.02. The van der Waals surface area contributed by atoms with E-state index in [4.69, 9.17) is 15.7 Å². The van der Waals surface area contributed by atoms with Gasteiger partial charge in [0.2, 0.25) is 0 Å². The molecular formula is C4H9N2OP. The zero-order valence-corrected chi connectivity index (χ0v) is 5.40. The third-order valence-electron chi connectivity index (χ3n) is 1.03. The molecule has 4 N–H and O–H groups in total. The molecule has 0 spiro atoms. The van der Waals surface area contributed by atoms with Crippen LogP contribution in [0, 0.1) is 0 Å². The van der Waals surface area contributed by atoms with Gasteiger partial charge in [-0.1, -0.05) is 0 Å². The van der Waals surface area contributed by atoms with Crippen LogP contribution in [0.3, 0.4) is 0 Å². The summed E-state index contributed by atoms with van der Waals surface area (Å²) in [5.41, 5.74) is 10.8. The van der Waals surface area contributed by atoms with Gasteiger partial charge >= 0.3 is 0 Å². The van der Waals surface area contributed by atoms with Gasteiger partial charge in [-0.3, -0.25) is 11.0 Å². The van der Waals surface area contributed by atoms with Crippen molar-refractivity contribution >= 4 is 8.22 Å². The largest absolute Gasteiger partial charge is 0.500 e. The molecule has 0 bridgehead atoms. The van der Waals surface area contributed by atoms with Gasteiger partial charge in [-0.05, 0) is 0 Å². The van der Waals surface area contributed by atoms with Gasteiger partial charge in [0, 0.05) is 11.7 Å². The molecule has 0 aromatic rings. The van der Waals surface area contributed by atoms with Crippen LogP contribution in [0.2, 0.25) is 0 Å². The van der Waals surface area contributed by atoms with Crippen LogP contribution in [0.15, 0.2) is 11.6 Å². The van der Waals surface area contributed by atoms with Crippen LogP contribution < -0.4 is 11.0 Å². The van der Waals surface area contributed by atoms with Gasteiger partial charge in [0.05, 0.1) is 21.1 Å². The van der Waals surface area contributed by atoms with Crippen molar-refractivity contribution in [2.45, 2.75) is 6.42 Å². The van der Waals surface area contributed by atoms with E-state index in [-0.39, 0.29) is 0 Å². The average Bonchev–Trinajstić information content (AvgIpc) is 2.12. The molecule has 0 aliphatic carbocycles. The highest BCUT2D eigenvalue weighted by Gasteiger charge is 2.08. The molecule has 46 valence electrons. The Hall–Kier alpha value is -0.110. The van der Waals surface area contributed by atoms with Crippen LogP contribution in [0.4, 0.5) is 0 Å². The summed E-state index contributed by atoms with van der Waals surface area (Å²) < 4.78 is 4.91. The molecule has 1 heterocycles. The minimum Gasteiger partial charge on any atom is -0.500 e. The van der Waals surface area contributed by atoms with Crippen LogP contribution in [0.1, 0.15) is 6.42 Å². The normalized spacial score (nSPS) is 18.6. The van der Waals surface area contributed by atoms with E-state index in [0.717, 1.165) is 18.3 Å². The molecule has 0 atom stereocenters. The molecule has 0 saturated carbocycles. The number of hydrogen-bond acceptors (Lipinski definition) is 3. The molecule has 1 aliphatic rings. The summed E-state index contributed by atoms with van der Waals surface area (Å²) in [6.45, 7) is 0.753. The van der Waals surface area contributed by atoms with E-state index in [1.54, 1.807) is 6.26 Å². The lowest BCUT2D eigenvalue weighted by Gasteiger charge is -2.00. The smallest absolute Gasteiger partial charge is 0.0916 e. The number of ether oxygens (including phenoxy) is 1. The molecular weight excluding hydrogens is 123 g/mol. The monoisotopic (exact) mass is 132 g/mol. The fraction of sp³-hybridized carbons (Fsp3) is 0.500. The maximum atomic E-state index is 5.39. The van der Waals surface area contributed by atoms with Crippen molar-refractivity contribution in [3.8, 4) is 0 Å². The highest BCUT2D eigenvalue weighted by Crippen LogP contribution is 2.32. The van der Waals surface area contributed by atoms with Crippen molar-refractivity contribution < 1.29 is 4.74 Å². The molecule has 0 unspecified atom stereocenters. The van der Waals surface area contributed by atoms with Gasteiger partial charge in [-0.2, -0.15) is 0 Å². The van der Waals surface area contributed by atoms with E-state index in [2.05, 4.69) is 0 Å². The fourth-order valence-electron chi connectivity index (χ4n) is 0.567. The predicted molar refractivity (Wildman–Crippen MR) is 33.9 cm³/mol. The molecule has 3 nitrogen and oxygen atoms in total. The molecule has 0 fully saturated rings. The standard InChI is InChI=1S/C4H9N2OP/c5-8(6)4-1-2-7-3-4/h3H,1-2,5-6H2. The van der Waals surface area contributed by atoms with Gasteiger partial charge in [-0.25, -0.2) is 0 Å². The zero-order valence-electron chi connectivity index (χ0n) is 4.50. The lowest BCUT2D eigenvalue weighted by molar-refractivity contribution is 0.281. The van der Waals surface area contributed by atoms with Crippen molar-refractivity contribution in [1.29, 1.82) is 0 Å². The number of hydrogen-bond donors (Lipinski definition) is 2. The highest BCUT2D eigenvalue weighted by molar-refractivity contribution is 7.57. The lowest BCUT2D eigenvalue weighted by Crippen LogP contribution is -1.99. The lowest BCUT2D eigenvalue weighted by atomic mass is 10.5. The maximum Gasteiger partial charge on any atom is 0.0916 e. The van der Waals surface area contributed by atoms with Crippen molar-refractivity contribution in [1.82, 2.24) is 0 Å². The Labute approximate surface area is 49.5 Å². The Morgan fingerprint density at radius 2 is 2.38 bits per heavy atom. The van der Waals surface area contributed by atoms with Gasteiger partial charge in [0.25, 0.3) is 0 Å². The predicted octanol–water partition coefficient (Wildman–Crippen LogP) is 0.477. The second kappa shape index (κ2) is 2.44. The Kier molecular flexibility index (Phi) is 1.84. The van der Waals surface area contributed by atoms with Crippen LogP contribution >= 0.6 is 8.22 Å². The minimum absolute atomic E-state index is 0.753. The van der Waals surface area contributed by atoms with Crippen LogP contribution in [-0.4, -0.2) is 6.61 Å². The van der Waals surface area contributed by atoms with Crippen molar-refractivity contribution in [3.05, 3.63) is 11.6 Å². The first-order valence-electron chi connectivity index (χ1n) is 2.41. The van der Waals surface area contributed by atoms with Gasteiger partial charge < -0.3 is 4.74 Å². The second-order valence-electron chi connectivity index (χ2n) is 1.64. The molecule has 0 amide bonds. The van der Waals surface area contributed by atoms with Gasteiger partial charge in [0.1, 0.15) is 0 Å². The maximum absolute atomic E-state index is 5.39. The molecule has 1 aliphatic heterocycles. The minimum atomic E-state index is -0.865. The fourth-order valence-corrected chi connectivity index (χ4v) is 1.11. The molecule has 0 radical (unpaired) electrons. The molecule has 0 saturated heterocycles. The van der Waals surface area contributed by atoms with Crippen LogP contribution in [0.5, 0.6) is 0 Å². The second-order valence-corrected chi connectivity index (χ2v) is 3.03. The molecule has 4 heteroatoms. The molecule has 8 heavy (non-hydrogen) atoms. The SMILES string of the molecule is NP(N)C1=COCC1. The van der Waals surface area contributed by atoms with Crippen LogP contribution in [-0.2, 0) is 4.74 Å². The topological polar surface area (TPSA) is 61.3 Å². The van der Waals surface area contributed by atoms with E-state index in [1.807, 2.05) is 0 Å². The molecule has 0 aromatic carbocycles. The highest BCUT2D eigenvalue weighted by atomic mass is 31.1. The Morgan fingerprint density at radius 3 is 2.62 bits per heavy atom. The quantitative estimate of drug-likeness (QED) is 0.510. The summed E-state index contributed by atoms with van der Waals surface area (Å²) in [6.07, 6.45) is 2.59. The van der Waals surface area contributed by atoms with E-state index in [9.17, 15) is 0 Å². The Balaban J connectivity index is 2.45. The third-order valence-corrected chi connectivity index (χ3v) is 2.02. The third kappa shape index (κ3) is 1.19. The van der Waals surface area contributed by atoms with E-state index >= 15 is 0 Å². The van der Waals surface area contributed by atoms with E-state index in [0.29, 0.717) is 0 Å². The molecule has 0 aromatic heterocycles. The summed E-state index contributed by atoms with van der Waals surface area (Å²) in [6, 6.07) is 0. The average molecular weight is 132 g/mol. The van der Waals surface area contributed by atoms with Crippen molar-refractivity contribution in [2.75, 3.05) is 6.61 Å². The Morgan fingerprint density at radius 1 is 1.62 bits per heavy atom. The van der Waals surface area contributed by atoms with Crippen LogP contribution in [0.25, 0.3) is 0 Å². The van der Waals surface area contributed by atoms with Crippen molar-refractivity contribution in [2.24, 2.45) is 11.0 Å². The summed E-state index contributed by atoms with van der Waals surface area (Å²) in [7, 11) is -0.865. The Bertz CT molecular complexity index is 113. The number of rotatable bonds is 1. The summed E-state index contributed by atoms with van der Waals surface area (Å²) >= 11 is 0. The summed E-state index contributed by atoms with van der Waals surface area (Å²) in [4.78, 5) is 0. The van der Waals surface area contributed by atoms with E-state index < -0.39 is 8.22 Å². The number of nitrogens with two attached hydrogens (primary N) is 2. The zero-order chi connectivity index (χ0) is 5.98. The van der Waals surface area contributed by atoms with Crippen molar-refractivity contribution in [3.63, 3.8) is 0 Å². The first-order valence-corrected chi connectivity index (χ1v) is 3.89.